The van der Waals surface area contributed by atoms with Crippen LogP contribution >= 0.6 is 0 Å². The summed E-state index contributed by atoms with van der Waals surface area (Å²) >= 11 is 0. The van der Waals surface area contributed by atoms with Gasteiger partial charge in [0.15, 0.2) is 0 Å². The van der Waals surface area contributed by atoms with Crippen LogP contribution in [0.1, 0.15) is 96.6 Å². The van der Waals surface area contributed by atoms with Crippen LogP contribution in [0, 0.1) is 11.7 Å². The molecule has 1 unspecified atom stereocenters. The minimum absolute atomic E-state index is 0.0747. The van der Waals surface area contributed by atoms with Gasteiger partial charge in [0.05, 0.1) is 24.8 Å². The Balaban J connectivity index is 1.48. The summed E-state index contributed by atoms with van der Waals surface area (Å²) in [6.45, 7) is 13.8. The van der Waals surface area contributed by atoms with Crippen LogP contribution in [0.2, 0.25) is 0 Å². The fourth-order valence-corrected chi connectivity index (χ4v) is 5.58. The first kappa shape index (κ1) is 34.1. The summed E-state index contributed by atoms with van der Waals surface area (Å²) in [6.07, 6.45) is 1.98. The zero-order valence-corrected chi connectivity index (χ0v) is 28.5. The van der Waals surface area contributed by atoms with Gasteiger partial charge in [-0.25, -0.2) is 9.18 Å². The second-order valence-electron chi connectivity index (χ2n) is 14.5. The predicted octanol–water partition coefficient (Wildman–Crippen LogP) is 8.69. The molecule has 2 N–H and O–H groups in total. The molecule has 2 atom stereocenters. The van der Waals surface area contributed by atoms with E-state index in [0.29, 0.717) is 47.1 Å². The molecule has 0 aromatic heterocycles. The molecule has 3 aromatic rings. The minimum atomic E-state index is -0.672. The lowest BCUT2D eigenvalue weighted by Crippen LogP contribution is -2.34. The van der Waals surface area contributed by atoms with E-state index in [4.69, 9.17) is 18.9 Å². The zero-order valence-electron chi connectivity index (χ0n) is 28.5. The highest BCUT2D eigenvalue weighted by Crippen LogP contribution is 2.45. The molecular formula is C38H47FN2O6. The number of hydrogen-bond donors (Lipinski definition) is 2. The molecule has 1 saturated carbocycles. The first-order chi connectivity index (χ1) is 22.2. The summed E-state index contributed by atoms with van der Waals surface area (Å²) in [5.74, 6) is 1.11. The van der Waals surface area contributed by atoms with Crippen molar-refractivity contribution in [1.29, 1.82) is 0 Å². The number of para-hydroxylation sites is 1. The fourth-order valence-electron chi connectivity index (χ4n) is 5.58. The van der Waals surface area contributed by atoms with Gasteiger partial charge >= 0.3 is 12.1 Å². The van der Waals surface area contributed by atoms with E-state index in [1.165, 1.54) is 12.8 Å². The summed E-state index contributed by atoms with van der Waals surface area (Å²) in [4.78, 5) is 25.2. The van der Waals surface area contributed by atoms with Gasteiger partial charge in [-0.05, 0) is 91.0 Å². The SMILES string of the molecule is C[C@@H](NC(=O)OC(C)(C)C)c1cccc(-c2cc(NCC3CC3)c3c(c2)C(Oc2ccccc2CC(=O)OC(C)(C)C)CCO3)c1F. The fraction of sp³-hybridized carbons (Fsp3) is 0.474. The maximum absolute atomic E-state index is 16.3. The highest BCUT2D eigenvalue weighted by molar-refractivity contribution is 5.76. The summed E-state index contributed by atoms with van der Waals surface area (Å²) in [5.41, 5.74) is 2.44. The Morgan fingerprint density at radius 1 is 0.957 bits per heavy atom. The molecular weight excluding hydrogens is 599 g/mol. The van der Waals surface area contributed by atoms with Crippen LogP contribution in [0.5, 0.6) is 11.5 Å². The highest BCUT2D eigenvalue weighted by Gasteiger charge is 2.30. The zero-order chi connectivity index (χ0) is 33.9. The van der Waals surface area contributed by atoms with Gasteiger partial charge in [-0.1, -0.05) is 36.4 Å². The monoisotopic (exact) mass is 646 g/mol. The van der Waals surface area contributed by atoms with Crippen LogP contribution < -0.4 is 20.1 Å². The van der Waals surface area contributed by atoms with Gasteiger partial charge in [0.25, 0.3) is 0 Å². The van der Waals surface area contributed by atoms with E-state index in [0.717, 1.165) is 23.4 Å². The van der Waals surface area contributed by atoms with Gasteiger partial charge in [0.1, 0.15) is 34.6 Å². The smallest absolute Gasteiger partial charge is 0.408 e. The van der Waals surface area contributed by atoms with Crippen LogP contribution in [-0.4, -0.2) is 36.4 Å². The van der Waals surface area contributed by atoms with Crippen LogP contribution in [0.4, 0.5) is 14.9 Å². The van der Waals surface area contributed by atoms with Crippen molar-refractivity contribution in [3.05, 3.63) is 77.1 Å². The maximum atomic E-state index is 16.3. The number of anilines is 1. The Bertz CT molecular complexity index is 1600. The van der Waals surface area contributed by atoms with Gasteiger partial charge in [0.2, 0.25) is 0 Å². The number of carbonyl (C=O) groups excluding carboxylic acids is 2. The molecule has 5 rings (SSSR count). The van der Waals surface area contributed by atoms with Crippen molar-refractivity contribution in [2.24, 2.45) is 5.92 Å². The van der Waals surface area contributed by atoms with Gasteiger partial charge in [-0.2, -0.15) is 0 Å². The number of esters is 1. The van der Waals surface area contributed by atoms with Crippen molar-refractivity contribution in [2.75, 3.05) is 18.5 Å². The first-order valence-corrected chi connectivity index (χ1v) is 16.5. The van der Waals surface area contributed by atoms with E-state index in [9.17, 15) is 9.59 Å². The Hall–Kier alpha value is -4.27. The Labute approximate surface area is 277 Å². The summed E-state index contributed by atoms with van der Waals surface area (Å²) in [5, 5.41) is 6.31. The van der Waals surface area contributed by atoms with Gasteiger partial charge in [-0.15, -0.1) is 0 Å². The van der Waals surface area contributed by atoms with Gasteiger partial charge < -0.3 is 29.6 Å². The number of hydrogen-bond acceptors (Lipinski definition) is 7. The standard InChI is InChI=1S/C38H47FN2O6/c1-23(41-36(43)47-38(5,6)7)27-12-10-13-28(34(27)39)26-19-29-32(17-18-44-35(29)30(20-26)40-22-24-15-16-24)45-31-14-9-8-11-25(31)21-33(42)46-37(2,3)4/h8-14,19-20,23-24,32,40H,15-18,21-22H2,1-7H3,(H,41,43)/t23-,32?/m1/s1. The molecule has 8 nitrogen and oxygen atoms in total. The lowest BCUT2D eigenvalue weighted by molar-refractivity contribution is -0.153. The predicted molar refractivity (Wildman–Crippen MR) is 180 cm³/mol. The van der Waals surface area contributed by atoms with E-state index < -0.39 is 35.3 Å². The van der Waals surface area contributed by atoms with Gasteiger partial charge in [0, 0.05) is 35.2 Å². The average Bonchev–Trinajstić information content (AvgIpc) is 3.80. The third kappa shape index (κ3) is 9.18. The van der Waals surface area contributed by atoms with Crippen LogP contribution in [0.25, 0.3) is 11.1 Å². The Morgan fingerprint density at radius 2 is 1.68 bits per heavy atom. The number of halogens is 1. The molecule has 1 aliphatic carbocycles. The Kier molecular flexibility index (Phi) is 10.0. The number of carbonyl (C=O) groups is 2. The lowest BCUT2D eigenvalue weighted by atomic mass is 9.93. The molecule has 47 heavy (non-hydrogen) atoms. The minimum Gasteiger partial charge on any atom is -0.491 e. The Morgan fingerprint density at radius 3 is 2.38 bits per heavy atom. The number of rotatable bonds is 10. The van der Waals surface area contributed by atoms with E-state index in [1.54, 1.807) is 45.9 Å². The molecule has 0 radical (unpaired) electrons. The van der Waals surface area contributed by atoms with Crippen molar-refractivity contribution in [3.8, 4) is 22.6 Å². The van der Waals surface area contributed by atoms with Crippen molar-refractivity contribution in [1.82, 2.24) is 5.32 Å². The van der Waals surface area contributed by atoms with Crippen LogP contribution in [0.15, 0.2) is 54.6 Å². The van der Waals surface area contributed by atoms with Crippen molar-refractivity contribution >= 4 is 17.7 Å². The molecule has 1 fully saturated rings. The van der Waals surface area contributed by atoms with Gasteiger partial charge in [-0.3, -0.25) is 4.79 Å². The number of ether oxygens (including phenoxy) is 4. The highest BCUT2D eigenvalue weighted by atomic mass is 19.1. The number of nitrogens with one attached hydrogen (secondary N) is 2. The quantitative estimate of drug-likeness (QED) is 0.213. The van der Waals surface area contributed by atoms with E-state index >= 15 is 4.39 Å². The van der Waals surface area contributed by atoms with E-state index in [1.807, 2.05) is 57.2 Å². The van der Waals surface area contributed by atoms with E-state index in [-0.39, 0.29) is 12.4 Å². The number of fused-ring (bicyclic) bond motifs is 1. The average molecular weight is 647 g/mol. The maximum Gasteiger partial charge on any atom is 0.408 e. The van der Waals surface area contributed by atoms with Crippen molar-refractivity contribution in [2.45, 2.75) is 97.5 Å². The second-order valence-corrected chi connectivity index (χ2v) is 14.5. The molecule has 1 heterocycles. The molecule has 2 aliphatic rings. The summed E-state index contributed by atoms with van der Waals surface area (Å²) < 4.78 is 40.1. The lowest BCUT2D eigenvalue weighted by Gasteiger charge is -2.30. The molecule has 1 amide bonds. The third-order valence-electron chi connectivity index (χ3n) is 7.91. The van der Waals surface area contributed by atoms with Crippen LogP contribution in [-0.2, 0) is 20.7 Å². The number of amides is 1. The summed E-state index contributed by atoms with van der Waals surface area (Å²) in [7, 11) is 0. The van der Waals surface area contributed by atoms with Crippen molar-refractivity contribution in [3.63, 3.8) is 0 Å². The molecule has 0 saturated heterocycles. The number of benzene rings is 3. The topological polar surface area (TPSA) is 95.1 Å². The normalized spacial score (nSPS) is 16.7. The molecule has 1 aliphatic heterocycles. The molecule has 252 valence electrons. The summed E-state index contributed by atoms with van der Waals surface area (Å²) in [6, 6.07) is 15.9. The third-order valence-corrected chi connectivity index (χ3v) is 7.91. The second kappa shape index (κ2) is 13.8. The molecule has 3 aromatic carbocycles. The molecule has 0 spiro atoms. The first-order valence-electron chi connectivity index (χ1n) is 16.5. The van der Waals surface area contributed by atoms with E-state index in [2.05, 4.69) is 10.6 Å². The largest absolute Gasteiger partial charge is 0.491 e. The molecule has 9 heteroatoms. The van der Waals surface area contributed by atoms with Crippen molar-refractivity contribution < 1.29 is 32.9 Å². The van der Waals surface area contributed by atoms with Crippen LogP contribution in [0.3, 0.4) is 0 Å². The number of alkyl carbamates (subject to hydrolysis) is 1. The molecule has 0 bridgehead atoms.